The number of hydrogen-bond acceptors (Lipinski definition) is 3. The first-order valence-electron chi connectivity index (χ1n) is 8.95. The van der Waals surface area contributed by atoms with Gasteiger partial charge in [0, 0.05) is 10.8 Å². The van der Waals surface area contributed by atoms with Crippen molar-refractivity contribution in [1.82, 2.24) is 0 Å². The molecule has 2 bridgehead atoms. The zero-order chi connectivity index (χ0) is 17.8. The number of carbonyl (C=O) groups excluding carboxylic acids is 1. The minimum atomic E-state index is -0.370. The highest BCUT2D eigenvalue weighted by Gasteiger charge is 2.57. The Hall–Kier alpha value is -1.64. The van der Waals surface area contributed by atoms with Crippen LogP contribution in [0.25, 0.3) is 0 Å². The van der Waals surface area contributed by atoms with Crippen LogP contribution in [0, 0.1) is 16.7 Å². The number of benzene rings is 1. The number of oxime groups is 1. The van der Waals surface area contributed by atoms with Crippen molar-refractivity contribution < 1.29 is 9.63 Å². The summed E-state index contributed by atoms with van der Waals surface area (Å²) in [5.41, 5.74) is 3.02. The van der Waals surface area contributed by atoms with Crippen molar-refractivity contribution >= 4 is 11.7 Å². The monoisotopic (exact) mass is 327 g/mol. The molecule has 130 valence electrons. The first-order chi connectivity index (χ1) is 11.0. The molecule has 24 heavy (non-hydrogen) atoms. The summed E-state index contributed by atoms with van der Waals surface area (Å²) in [5.74, 6) is 0.288. The van der Waals surface area contributed by atoms with Gasteiger partial charge in [0.1, 0.15) is 0 Å². The fraction of sp³-hybridized carbons (Fsp3) is 0.619. The molecule has 1 unspecified atom stereocenters. The Labute approximate surface area is 145 Å². The molecule has 3 rings (SSSR count). The third kappa shape index (κ3) is 2.78. The van der Waals surface area contributed by atoms with E-state index in [0.29, 0.717) is 11.5 Å². The Morgan fingerprint density at radius 2 is 1.79 bits per heavy atom. The Bertz CT molecular complexity index is 672. The zero-order valence-corrected chi connectivity index (χ0v) is 15.8. The van der Waals surface area contributed by atoms with Gasteiger partial charge >= 0.3 is 5.97 Å². The topological polar surface area (TPSA) is 38.7 Å². The van der Waals surface area contributed by atoms with E-state index in [2.05, 4.69) is 46.7 Å². The minimum Gasteiger partial charge on any atom is -0.313 e. The molecule has 1 aromatic carbocycles. The first kappa shape index (κ1) is 17.2. The van der Waals surface area contributed by atoms with Gasteiger partial charge in [-0.3, -0.25) is 0 Å². The van der Waals surface area contributed by atoms with Gasteiger partial charge in [-0.25, -0.2) is 4.79 Å². The van der Waals surface area contributed by atoms with Crippen molar-refractivity contribution in [2.24, 2.45) is 21.9 Å². The van der Waals surface area contributed by atoms with Crippen LogP contribution in [0.15, 0.2) is 29.4 Å². The lowest BCUT2D eigenvalue weighted by Gasteiger charge is -2.34. The van der Waals surface area contributed by atoms with Gasteiger partial charge in [-0.1, -0.05) is 58.8 Å². The van der Waals surface area contributed by atoms with Crippen LogP contribution in [0.2, 0.25) is 0 Å². The second-order valence-electron chi connectivity index (χ2n) is 9.37. The van der Waals surface area contributed by atoms with Crippen LogP contribution in [0.5, 0.6) is 0 Å². The lowest BCUT2D eigenvalue weighted by atomic mass is 9.71. The van der Waals surface area contributed by atoms with E-state index in [1.807, 2.05) is 24.3 Å². The average Bonchev–Trinajstić information content (AvgIpc) is 2.97. The molecule has 0 aliphatic heterocycles. The number of hydrogen-bond donors (Lipinski definition) is 0. The Morgan fingerprint density at radius 3 is 2.29 bits per heavy atom. The fourth-order valence-corrected chi connectivity index (χ4v) is 4.52. The smallest absolute Gasteiger partial charge is 0.313 e. The van der Waals surface area contributed by atoms with Gasteiger partial charge in [0.15, 0.2) is 0 Å². The van der Waals surface area contributed by atoms with Crippen LogP contribution in [-0.2, 0) is 10.3 Å². The maximum absolute atomic E-state index is 12.4. The predicted molar refractivity (Wildman–Crippen MR) is 97.2 cm³/mol. The molecule has 2 atom stereocenters. The molecular weight excluding hydrogens is 298 g/mol. The van der Waals surface area contributed by atoms with E-state index in [1.165, 1.54) is 12.0 Å². The molecule has 3 heteroatoms. The summed E-state index contributed by atoms with van der Waals surface area (Å²) in [5, 5.41) is 4.35. The molecule has 0 spiro atoms. The number of fused-ring (bicyclic) bond motifs is 2. The normalized spacial score (nSPS) is 29.9. The maximum atomic E-state index is 12.4. The second kappa shape index (κ2) is 5.44. The molecule has 0 radical (unpaired) electrons. The lowest BCUT2D eigenvalue weighted by molar-refractivity contribution is 0.0506. The lowest BCUT2D eigenvalue weighted by Crippen LogP contribution is -2.36. The van der Waals surface area contributed by atoms with Crippen LogP contribution >= 0.6 is 0 Å². The molecule has 1 aromatic rings. The van der Waals surface area contributed by atoms with E-state index < -0.39 is 0 Å². The van der Waals surface area contributed by atoms with Crippen LogP contribution in [0.1, 0.15) is 76.7 Å². The summed E-state index contributed by atoms with van der Waals surface area (Å²) in [4.78, 5) is 17.7. The molecule has 2 saturated carbocycles. The average molecular weight is 327 g/mol. The van der Waals surface area contributed by atoms with Crippen molar-refractivity contribution in [3.8, 4) is 0 Å². The summed E-state index contributed by atoms with van der Waals surface area (Å²) in [7, 11) is 0. The number of carbonyl (C=O) groups is 1. The third-order valence-corrected chi connectivity index (χ3v) is 6.15. The Balaban J connectivity index is 1.76. The standard InChI is InChI=1S/C21H29NO2/c1-19(2,3)15-9-7-14(8-10-15)17(23)24-22-18-20(4,5)16-11-12-21(18,6)13-16/h7-10,16H,11-13H2,1-6H3/b22-18+/t16?,21-/m1/s1. The summed E-state index contributed by atoms with van der Waals surface area (Å²) in [6.07, 6.45) is 3.57. The molecule has 0 saturated heterocycles. The second-order valence-corrected chi connectivity index (χ2v) is 9.37. The Morgan fingerprint density at radius 1 is 1.17 bits per heavy atom. The summed E-state index contributed by atoms with van der Waals surface area (Å²) >= 11 is 0. The molecule has 0 amide bonds. The number of rotatable bonds is 2. The van der Waals surface area contributed by atoms with E-state index in [-0.39, 0.29) is 22.2 Å². The van der Waals surface area contributed by atoms with Gasteiger partial charge in [-0.2, -0.15) is 0 Å². The molecule has 2 fully saturated rings. The highest BCUT2D eigenvalue weighted by Crippen LogP contribution is 2.60. The molecule has 0 N–H and O–H groups in total. The molecule has 0 heterocycles. The van der Waals surface area contributed by atoms with Gasteiger partial charge in [-0.15, -0.1) is 0 Å². The van der Waals surface area contributed by atoms with Crippen molar-refractivity contribution in [2.45, 2.75) is 66.2 Å². The van der Waals surface area contributed by atoms with Gasteiger partial charge in [0.05, 0.1) is 11.3 Å². The van der Waals surface area contributed by atoms with Crippen molar-refractivity contribution in [1.29, 1.82) is 0 Å². The van der Waals surface area contributed by atoms with Gasteiger partial charge in [-0.05, 0) is 48.3 Å². The summed E-state index contributed by atoms with van der Waals surface area (Å²) in [6, 6.07) is 7.65. The highest BCUT2D eigenvalue weighted by atomic mass is 16.7. The SMILES string of the molecule is CC(C)(C)c1ccc(C(=O)O/N=C2\C(C)(C)C3CC[C@]2(C)C3)cc1. The predicted octanol–water partition coefficient (Wildman–Crippen LogP) is 5.34. The van der Waals surface area contributed by atoms with Crippen molar-refractivity contribution in [3.63, 3.8) is 0 Å². The van der Waals surface area contributed by atoms with Gasteiger partial charge < -0.3 is 4.84 Å². The molecule has 0 aromatic heterocycles. The van der Waals surface area contributed by atoms with Gasteiger partial charge in [0.25, 0.3) is 0 Å². The fourth-order valence-electron chi connectivity index (χ4n) is 4.52. The van der Waals surface area contributed by atoms with Crippen molar-refractivity contribution in [2.75, 3.05) is 0 Å². The minimum absolute atomic E-state index is 0.0311. The van der Waals surface area contributed by atoms with Crippen LogP contribution in [0.4, 0.5) is 0 Å². The summed E-state index contributed by atoms with van der Waals surface area (Å²) < 4.78 is 0. The zero-order valence-electron chi connectivity index (χ0n) is 15.8. The van der Waals surface area contributed by atoms with Crippen LogP contribution < -0.4 is 0 Å². The van der Waals surface area contributed by atoms with E-state index >= 15 is 0 Å². The Kier molecular flexibility index (Phi) is 3.89. The van der Waals surface area contributed by atoms with Crippen LogP contribution in [0.3, 0.4) is 0 Å². The van der Waals surface area contributed by atoms with Crippen LogP contribution in [-0.4, -0.2) is 11.7 Å². The molecule has 2 aliphatic carbocycles. The molecule has 2 aliphatic rings. The van der Waals surface area contributed by atoms with E-state index in [1.54, 1.807) is 0 Å². The molecular formula is C21H29NO2. The summed E-state index contributed by atoms with van der Waals surface area (Å²) in [6.45, 7) is 13.2. The van der Waals surface area contributed by atoms with Crippen molar-refractivity contribution in [3.05, 3.63) is 35.4 Å². The highest BCUT2D eigenvalue weighted by molar-refractivity contribution is 5.98. The first-order valence-corrected chi connectivity index (χ1v) is 8.95. The maximum Gasteiger partial charge on any atom is 0.365 e. The number of nitrogens with zero attached hydrogens (tertiary/aromatic N) is 1. The van der Waals surface area contributed by atoms with Gasteiger partial charge in [0.2, 0.25) is 0 Å². The van der Waals surface area contributed by atoms with E-state index in [9.17, 15) is 4.79 Å². The quantitative estimate of drug-likeness (QED) is 0.543. The molecule has 3 nitrogen and oxygen atoms in total. The van der Waals surface area contributed by atoms with E-state index in [4.69, 9.17) is 4.84 Å². The largest absolute Gasteiger partial charge is 0.365 e. The van der Waals surface area contributed by atoms with E-state index in [0.717, 1.165) is 18.6 Å². The third-order valence-electron chi connectivity index (χ3n) is 6.15.